The molecule has 22 heavy (non-hydrogen) atoms. The first kappa shape index (κ1) is 21.9. The van der Waals surface area contributed by atoms with Gasteiger partial charge in [0.1, 0.15) is 0 Å². The van der Waals surface area contributed by atoms with Crippen molar-refractivity contribution in [3.05, 3.63) is 35.5 Å². The zero-order valence-corrected chi connectivity index (χ0v) is 17.3. The molecule has 0 rings (SSSR count). The van der Waals surface area contributed by atoms with Gasteiger partial charge in [-0.15, -0.1) is 0 Å². The van der Waals surface area contributed by atoms with Crippen molar-refractivity contribution in [1.82, 2.24) is 0 Å². The Labute approximate surface area is 153 Å². The molecular formula is C21H37I. The molecular weight excluding hydrogens is 379 g/mol. The number of hydrogen-bond donors (Lipinski definition) is 0. The van der Waals surface area contributed by atoms with E-state index in [-0.39, 0.29) is 0 Å². The van der Waals surface area contributed by atoms with Crippen LogP contribution in [0.1, 0.15) is 91.4 Å². The molecule has 1 heteroatoms. The number of allylic oxidation sites excluding steroid dienone is 6. The second-order valence-corrected chi connectivity index (χ2v) is 7.20. The topological polar surface area (TPSA) is 0 Å². The maximum atomic E-state index is 2.40. The van der Waals surface area contributed by atoms with Crippen molar-refractivity contribution < 1.29 is 0 Å². The summed E-state index contributed by atoms with van der Waals surface area (Å²) < 4.78 is 1.12. The Kier molecular flexibility index (Phi) is 17.3. The van der Waals surface area contributed by atoms with Crippen LogP contribution in [0.5, 0.6) is 0 Å². The lowest BCUT2D eigenvalue weighted by atomic mass is 10.0. The van der Waals surface area contributed by atoms with Crippen LogP contribution in [0.2, 0.25) is 0 Å². The summed E-state index contributed by atoms with van der Waals surface area (Å²) in [5.41, 5.74) is 2.99. The third-order valence-corrected chi connectivity index (χ3v) is 5.21. The zero-order valence-electron chi connectivity index (χ0n) is 15.2. The average molecular weight is 416 g/mol. The fourth-order valence-electron chi connectivity index (χ4n) is 2.44. The van der Waals surface area contributed by atoms with Gasteiger partial charge in [0.2, 0.25) is 0 Å². The summed E-state index contributed by atoms with van der Waals surface area (Å²) >= 11 is 2.40. The van der Waals surface area contributed by atoms with E-state index in [1.54, 1.807) is 5.57 Å². The highest BCUT2D eigenvalue weighted by atomic mass is 127. The third-order valence-electron chi connectivity index (χ3n) is 4.00. The molecule has 0 amide bonds. The highest BCUT2D eigenvalue weighted by molar-refractivity contribution is 14.1. The van der Waals surface area contributed by atoms with Gasteiger partial charge in [-0.25, -0.2) is 0 Å². The lowest BCUT2D eigenvalue weighted by molar-refractivity contribution is 0.564. The van der Waals surface area contributed by atoms with Gasteiger partial charge >= 0.3 is 0 Å². The number of unbranched alkanes of at least 4 members (excludes halogenated alkanes) is 8. The van der Waals surface area contributed by atoms with Gasteiger partial charge in [0.25, 0.3) is 0 Å². The van der Waals surface area contributed by atoms with E-state index in [9.17, 15) is 0 Å². The molecule has 0 saturated heterocycles. The van der Waals surface area contributed by atoms with Gasteiger partial charge in [0, 0.05) is 4.43 Å². The summed E-state index contributed by atoms with van der Waals surface area (Å²) in [6, 6.07) is 0. The molecule has 0 N–H and O–H groups in total. The maximum Gasteiger partial charge on any atom is 0.0206 e. The van der Waals surface area contributed by atoms with Crippen LogP contribution in [-0.2, 0) is 0 Å². The first-order valence-electron chi connectivity index (χ1n) is 9.24. The van der Waals surface area contributed by atoms with Gasteiger partial charge in [-0.2, -0.15) is 0 Å². The maximum absolute atomic E-state index is 2.40. The number of halogens is 1. The molecule has 0 aromatic rings. The van der Waals surface area contributed by atoms with Gasteiger partial charge in [0.15, 0.2) is 0 Å². The van der Waals surface area contributed by atoms with E-state index in [4.69, 9.17) is 0 Å². The van der Waals surface area contributed by atoms with Crippen LogP contribution in [0.3, 0.4) is 0 Å². The summed E-state index contributed by atoms with van der Waals surface area (Å²) in [5.74, 6) is 0. The van der Waals surface area contributed by atoms with E-state index in [0.717, 1.165) is 10.8 Å². The summed E-state index contributed by atoms with van der Waals surface area (Å²) in [7, 11) is 0. The molecule has 128 valence electrons. The number of alkyl halides is 1. The molecule has 0 aliphatic heterocycles. The first-order valence-corrected chi connectivity index (χ1v) is 10.8. The Bertz CT molecular complexity index is 323. The number of rotatable bonds is 14. The van der Waals surface area contributed by atoms with Crippen molar-refractivity contribution in [2.45, 2.75) is 91.4 Å². The molecule has 0 fully saturated rings. The Morgan fingerprint density at radius 3 is 2.00 bits per heavy atom. The largest absolute Gasteiger partial charge is 0.0818 e. The van der Waals surface area contributed by atoms with Crippen LogP contribution < -0.4 is 0 Å². The summed E-state index contributed by atoms with van der Waals surface area (Å²) in [4.78, 5) is 0. The van der Waals surface area contributed by atoms with Crippen LogP contribution in [0.25, 0.3) is 0 Å². The van der Waals surface area contributed by atoms with Crippen molar-refractivity contribution in [2.24, 2.45) is 0 Å². The summed E-state index contributed by atoms with van der Waals surface area (Å²) in [6.45, 7) is 6.75. The number of hydrogen-bond acceptors (Lipinski definition) is 0. The fourth-order valence-corrected chi connectivity index (χ4v) is 2.70. The van der Waals surface area contributed by atoms with Crippen LogP contribution in [0, 0.1) is 0 Å². The molecule has 0 unspecified atom stereocenters. The molecule has 0 heterocycles. The Morgan fingerprint density at radius 1 is 0.818 bits per heavy atom. The molecule has 0 spiro atoms. The monoisotopic (exact) mass is 416 g/mol. The second kappa shape index (κ2) is 17.3. The fraction of sp³-hybridized carbons (Fsp3) is 0.714. The quantitative estimate of drug-likeness (QED) is 0.0880. The molecule has 0 aliphatic carbocycles. The lowest BCUT2D eigenvalue weighted by Gasteiger charge is -2.03. The lowest BCUT2D eigenvalue weighted by Crippen LogP contribution is -1.83. The third kappa shape index (κ3) is 16.3. The highest BCUT2D eigenvalue weighted by Crippen LogP contribution is 2.13. The van der Waals surface area contributed by atoms with E-state index in [2.05, 4.69) is 67.7 Å². The van der Waals surface area contributed by atoms with Gasteiger partial charge in [-0.1, -0.05) is 116 Å². The Morgan fingerprint density at radius 2 is 1.41 bits per heavy atom. The van der Waals surface area contributed by atoms with E-state index < -0.39 is 0 Å². The SMILES string of the molecule is CCCCCCCCCCCC(C)=CCC=CC=C(C)CI. The Hall–Kier alpha value is -0.0500. The molecule has 0 radical (unpaired) electrons. The first-order chi connectivity index (χ1) is 10.7. The van der Waals surface area contributed by atoms with Crippen molar-refractivity contribution in [3.8, 4) is 0 Å². The predicted octanol–water partition coefficient (Wildman–Crippen LogP) is 8.18. The van der Waals surface area contributed by atoms with Crippen molar-refractivity contribution >= 4 is 22.6 Å². The molecule has 0 nitrogen and oxygen atoms in total. The summed E-state index contributed by atoms with van der Waals surface area (Å²) in [6.07, 6.45) is 24.2. The Balaban J connectivity index is 3.48. The summed E-state index contributed by atoms with van der Waals surface area (Å²) in [5, 5.41) is 0. The molecule has 0 aromatic carbocycles. The normalized spacial score (nSPS) is 13.3. The average Bonchev–Trinajstić information content (AvgIpc) is 2.52. The van der Waals surface area contributed by atoms with Crippen molar-refractivity contribution in [3.63, 3.8) is 0 Å². The standard InChI is InChI=1S/C21H37I/c1-4-5-6-7-8-9-10-11-13-16-20(2)17-14-12-15-18-21(3)19-22/h12,15,17-18H,4-11,13-14,16,19H2,1-3H3. The van der Waals surface area contributed by atoms with Crippen LogP contribution in [0.15, 0.2) is 35.5 Å². The van der Waals surface area contributed by atoms with Gasteiger partial charge in [-0.05, 0) is 33.1 Å². The minimum absolute atomic E-state index is 1.08. The molecule has 0 aliphatic rings. The van der Waals surface area contributed by atoms with Crippen molar-refractivity contribution in [2.75, 3.05) is 4.43 Å². The molecule has 0 atom stereocenters. The molecule has 0 aromatic heterocycles. The molecule has 0 bridgehead atoms. The van der Waals surface area contributed by atoms with E-state index in [0.29, 0.717) is 0 Å². The van der Waals surface area contributed by atoms with E-state index in [1.807, 2.05) is 0 Å². The van der Waals surface area contributed by atoms with Crippen LogP contribution in [-0.4, -0.2) is 4.43 Å². The van der Waals surface area contributed by atoms with Gasteiger partial charge in [0.05, 0.1) is 0 Å². The van der Waals surface area contributed by atoms with E-state index in [1.165, 1.54) is 69.8 Å². The van der Waals surface area contributed by atoms with E-state index >= 15 is 0 Å². The minimum atomic E-state index is 1.08. The zero-order chi connectivity index (χ0) is 16.5. The minimum Gasteiger partial charge on any atom is -0.0818 e. The van der Waals surface area contributed by atoms with Crippen molar-refractivity contribution in [1.29, 1.82) is 0 Å². The smallest absolute Gasteiger partial charge is 0.0206 e. The highest BCUT2D eigenvalue weighted by Gasteiger charge is 1.93. The van der Waals surface area contributed by atoms with Gasteiger partial charge in [-0.3, -0.25) is 0 Å². The predicted molar refractivity (Wildman–Crippen MR) is 112 cm³/mol. The van der Waals surface area contributed by atoms with Gasteiger partial charge < -0.3 is 0 Å². The van der Waals surface area contributed by atoms with Crippen LogP contribution >= 0.6 is 22.6 Å². The van der Waals surface area contributed by atoms with Crippen LogP contribution in [0.4, 0.5) is 0 Å². The molecule has 0 saturated carbocycles. The second-order valence-electron chi connectivity index (χ2n) is 6.44.